The van der Waals surface area contributed by atoms with Crippen LogP contribution in [0.4, 0.5) is 0 Å². The number of fused-ring (bicyclic) bond motifs is 1. The second-order valence-electron chi connectivity index (χ2n) is 6.58. The van der Waals surface area contributed by atoms with Crippen molar-refractivity contribution in [1.29, 1.82) is 0 Å². The Morgan fingerprint density at radius 1 is 1.12 bits per heavy atom. The van der Waals surface area contributed by atoms with Gasteiger partial charge in [0.1, 0.15) is 0 Å². The molecule has 0 saturated heterocycles. The van der Waals surface area contributed by atoms with E-state index in [1.165, 1.54) is 0 Å². The molecule has 1 aromatic heterocycles. The zero-order valence-electron chi connectivity index (χ0n) is 14.5. The van der Waals surface area contributed by atoms with Crippen LogP contribution in [0.25, 0.3) is 10.9 Å². The van der Waals surface area contributed by atoms with E-state index in [4.69, 9.17) is 0 Å². The molecular formula is C21H24N2O2. The molecule has 0 fully saturated rings. The number of para-hydroxylation sites is 1. The summed E-state index contributed by atoms with van der Waals surface area (Å²) in [6, 6.07) is 18.0. The summed E-state index contributed by atoms with van der Waals surface area (Å²) in [4.78, 5) is 18.0. The highest BCUT2D eigenvalue weighted by atomic mass is 16.3. The van der Waals surface area contributed by atoms with Crippen molar-refractivity contribution in [2.45, 2.75) is 19.9 Å². The summed E-state index contributed by atoms with van der Waals surface area (Å²) < 4.78 is 0. The molecule has 0 spiro atoms. The van der Waals surface area contributed by atoms with Crippen molar-refractivity contribution in [2.24, 2.45) is 5.92 Å². The number of aliphatic hydroxyl groups is 1. The van der Waals surface area contributed by atoms with Crippen LogP contribution in [0.5, 0.6) is 0 Å². The third kappa shape index (κ3) is 4.28. The molecule has 4 heteroatoms. The predicted molar refractivity (Wildman–Crippen MR) is 100 cm³/mol. The number of rotatable bonds is 7. The smallest absolute Gasteiger partial charge is 0.227 e. The molecule has 1 atom stereocenters. The average molecular weight is 336 g/mol. The van der Waals surface area contributed by atoms with E-state index in [2.05, 4.69) is 4.98 Å². The summed E-state index contributed by atoms with van der Waals surface area (Å²) in [7, 11) is 0. The van der Waals surface area contributed by atoms with Crippen LogP contribution in [0, 0.1) is 5.92 Å². The van der Waals surface area contributed by atoms with Gasteiger partial charge in [-0.15, -0.1) is 0 Å². The first-order valence-electron chi connectivity index (χ1n) is 8.65. The van der Waals surface area contributed by atoms with Crippen molar-refractivity contribution in [3.05, 3.63) is 71.9 Å². The summed E-state index contributed by atoms with van der Waals surface area (Å²) in [6.07, 6.45) is 2.27. The van der Waals surface area contributed by atoms with Crippen molar-refractivity contribution in [3.63, 3.8) is 0 Å². The third-order valence-corrected chi connectivity index (χ3v) is 4.43. The molecule has 1 heterocycles. The van der Waals surface area contributed by atoms with Crippen molar-refractivity contribution >= 4 is 16.8 Å². The third-order valence-electron chi connectivity index (χ3n) is 4.43. The maximum Gasteiger partial charge on any atom is 0.227 e. The van der Waals surface area contributed by atoms with E-state index in [-0.39, 0.29) is 18.4 Å². The monoisotopic (exact) mass is 336 g/mol. The van der Waals surface area contributed by atoms with Gasteiger partial charge in [0.2, 0.25) is 5.91 Å². The Hall–Kier alpha value is -2.59. The first-order valence-corrected chi connectivity index (χ1v) is 8.65. The highest BCUT2D eigenvalue weighted by Crippen LogP contribution is 2.19. The van der Waals surface area contributed by atoms with E-state index in [0.29, 0.717) is 19.5 Å². The van der Waals surface area contributed by atoms with Crippen LogP contribution in [0.15, 0.2) is 60.8 Å². The lowest BCUT2D eigenvalue weighted by atomic mass is 10.1. The zero-order chi connectivity index (χ0) is 17.6. The summed E-state index contributed by atoms with van der Waals surface area (Å²) in [5.41, 5.74) is 3.15. The highest BCUT2D eigenvalue weighted by molar-refractivity contribution is 5.88. The first-order chi connectivity index (χ1) is 12.2. The summed E-state index contributed by atoms with van der Waals surface area (Å²) >= 11 is 0. The molecule has 3 rings (SSSR count). The van der Waals surface area contributed by atoms with Gasteiger partial charge in [-0.1, -0.05) is 55.5 Å². The van der Waals surface area contributed by atoms with Gasteiger partial charge in [0.15, 0.2) is 0 Å². The van der Waals surface area contributed by atoms with Crippen LogP contribution in [0.3, 0.4) is 0 Å². The minimum Gasteiger partial charge on any atom is -0.396 e. The molecule has 130 valence electrons. The van der Waals surface area contributed by atoms with Gasteiger partial charge >= 0.3 is 0 Å². The Morgan fingerprint density at radius 3 is 2.60 bits per heavy atom. The van der Waals surface area contributed by atoms with E-state index in [9.17, 15) is 9.90 Å². The maximum atomic E-state index is 12.9. The fourth-order valence-corrected chi connectivity index (χ4v) is 3.04. The lowest BCUT2D eigenvalue weighted by Gasteiger charge is -2.25. The van der Waals surface area contributed by atoms with Crippen LogP contribution in [0.1, 0.15) is 18.1 Å². The molecule has 0 bridgehead atoms. The minimum absolute atomic E-state index is 0.0515. The van der Waals surface area contributed by atoms with Crippen LogP contribution in [-0.2, 0) is 17.8 Å². The predicted octanol–water partition coefficient (Wildman–Crippen LogP) is 3.37. The first kappa shape index (κ1) is 17.2. The topological polar surface area (TPSA) is 56.3 Å². The van der Waals surface area contributed by atoms with Gasteiger partial charge in [-0.05, 0) is 23.1 Å². The molecule has 0 aliphatic carbocycles. The van der Waals surface area contributed by atoms with Crippen molar-refractivity contribution in [2.75, 3.05) is 13.2 Å². The molecule has 1 unspecified atom stereocenters. The van der Waals surface area contributed by atoms with Gasteiger partial charge in [0.05, 0.1) is 6.42 Å². The van der Waals surface area contributed by atoms with E-state index < -0.39 is 0 Å². The maximum absolute atomic E-state index is 12.9. The van der Waals surface area contributed by atoms with E-state index in [1.54, 1.807) is 0 Å². The summed E-state index contributed by atoms with van der Waals surface area (Å²) in [5, 5.41) is 10.5. The Kier molecular flexibility index (Phi) is 5.51. The second kappa shape index (κ2) is 7.99. The number of aromatic amines is 1. The summed E-state index contributed by atoms with van der Waals surface area (Å²) in [5.74, 6) is 0.129. The Labute approximate surface area is 148 Å². The highest BCUT2D eigenvalue weighted by Gasteiger charge is 2.18. The Morgan fingerprint density at radius 2 is 1.84 bits per heavy atom. The standard InChI is InChI=1S/C21H24N2O2/c1-16(15-24)13-23(14-17-7-3-2-4-8-17)21(25)11-18-12-22-20-10-6-5-9-19(18)20/h2-10,12,16,22,24H,11,13-15H2,1H3. The SMILES string of the molecule is CC(CO)CN(Cc1ccccc1)C(=O)Cc1c[nH]c2ccccc12. The molecule has 1 amide bonds. The van der Waals surface area contributed by atoms with Crippen LogP contribution in [-0.4, -0.2) is 34.0 Å². The molecule has 3 aromatic rings. The number of carbonyl (C=O) groups excluding carboxylic acids is 1. The number of aromatic nitrogens is 1. The van der Waals surface area contributed by atoms with Gasteiger partial charge in [-0.25, -0.2) is 0 Å². The number of carbonyl (C=O) groups is 1. The molecule has 0 aliphatic rings. The number of nitrogens with one attached hydrogen (secondary N) is 1. The van der Waals surface area contributed by atoms with Gasteiger partial charge in [0.25, 0.3) is 0 Å². The van der Waals surface area contributed by atoms with E-state index in [0.717, 1.165) is 22.0 Å². The summed E-state index contributed by atoms with van der Waals surface area (Å²) in [6.45, 7) is 3.14. The van der Waals surface area contributed by atoms with Crippen molar-refractivity contribution in [3.8, 4) is 0 Å². The lowest BCUT2D eigenvalue weighted by Crippen LogP contribution is -2.36. The van der Waals surface area contributed by atoms with E-state index >= 15 is 0 Å². The van der Waals surface area contributed by atoms with Crippen molar-refractivity contribution in [1.82, 2.24) is 9.88 Å². The lowest BCUT2D eigenvalue weighted by molar-refractivity contribution is -0.131. The molecule has 0 radical (unpaired) electrons. The fraction of sp³-hybridized carbons (Fsp3) is 0.286. The number of amides is 1. The quantitative estimate of drug-likeness (QED) is 0.695. The molecule has 2 N–H and O–H groups in total. The number of hydrogen-bond donors (Lipinski definition) is 2. The van der Waals surface area contributed by atoms with Gasteiger partial charge < -0.3 is 15.0 Å². The Bertz CT molecular complexity index is 826. The largest absolute Gasteiger partial charge is 0.396 e. The number of benzene rings is 2. The van der Waals surface area contributed by atoms with Crippen LogP contribution < -0.4 is 0 Å². The minimum atomic E-state index is 0.0515. The second-order valence-corrected chi connectivity index (χ2v) is 6.58. The fourth-order valence-electron chi connectivity index (χ4n) is 3.04. The van der Waals surface area contributed by atoms with Gasteiger partial charge in [0, 0.05) is 36.8 Å². The van der Waals surface area contributed by atoms with Gasteiger partial charge in [-0.2, -0.15) is 0 Å². The van der Waals surface area contributed by atoms with Crippen LogP contribution in [0.2, 0.25) is 0 Å². The van der Waals surface area contributed by atoms with Crippen molar-refractivity contribution < 1.29 is 9.90 Å². The van der Waals surface area contributed by atoms with Crippen LogP contribution >= 0.6 is 0 Å². The number of nitrogens with zero attached hydrogens (tertiary/aromatic N) is 1. The van der Waals surface area contributed by atoms with Gasteiger partial charge in [-0.3, -0.25) is 4.79 Å². The molecular weight excluding hydrogens is 312 g/mol. The average Bonchev–Trinajstić information content (AvgIpc) is 3.05. The molecule has 0 aliphatic heterocycles. The molecule has 25 heavy (non-hydrogen) atoms. The number of aliphatic hydroxyl groups excluding tert-OH is 1. The Balaban J connectivity index is 1.78. The number of H-pyrrole nitrogens is 1. The zero-order valence-corrected chi connectivity index (χ0v) is 14.5. The number of hydrogen-bond acceptors (Lipinski definition) is 2. The molecule has 2 aromatic carbocycles. The molecule has 0 saturated carbocycles. The molecule has 4 nitrogen and oxygen atoms in total. The van der Waals surface area contributed by atoms with E-state index in [1.807, 2.05) is 72.6 Å². The normalized spacial score (nSPS) is 12.2.